The number of nitrogens with zero attached hydrogens (tertiary/aromatic N) is 1. The minimum atomic E-state index is -0.199. The lowest BCUT2D eigenvalue weighted by Crippen LogP contribution is -2.36. The summed E-state index contributed by atoms with van der Waals surface area (Å²) in [7, 11) is 1.60. The number of anilines is 1. The fraction of sp³-hybridized carbons (Fsp3) is 0.267. The first kappa shape index (κ1) is 15.4. The van der Waals surface area contributed by atoms with Crippen LogP contribution in [0.1, 0.15) is 5.56 Å². The molecule has 0 aliphatic carbocycles. The molecular formula is C15H17ClN2O3. The lowest BCUT2D eigenvalue weighted by atomic mass is 10.3. The number of benzene rings is 1. The van der Waals surface area contributed by atoms with E-state index in [0.717, 1.165) is 5.56 Å². The van der Waals surface area contributed by atoms with Crippen molar-refractivity contribution in [3.63, 3.8) is 0 Å². The molecule has 21 heavy (non-hydrogen) atoms. The molecule has 2 amide bonds. The summed E-state index contributed by atoms with van der Waals surface area (Å²) in [5.41, 5.74) is 1.62. The highest BCUT2D eigenvalue weighted by atomic mass is 35.5. The molecule has 0 saturated heterocycles. The first-order chi connectivity index (χ1) is 10.2. The number of ether oxygens (including phenoxy) is 1. The number of amides is 2. The fourth-order valence-corrected chi connectivity index (χ4v) is 1.92. The molecular weight excluding hydrogens is 292 g/mol. The molecule has 6 heteroatoms. The molecule has 0 unspecified atom stereocenters. The van der Waals surface area contributed by atoms with E-state index < -0.39 is 0 Å². The maximum Gasteiger partial charge on any atom is 0.322 e. The molecule has 112 valence electrons. The molecule has 1 aromatic carbocycles. The van der Waals surface area contributed by atoms with Crippen LogP contribution >= 0.6 is 11.6 Å². The summed E-state index contributed by atoms with van der Waals surface area (Å²) in [5.74, 6) is 0. The highest BCUT2D eigenvalue weighted by Gasteiger charge is 2.14. The minimum absolute atomic E-state index is 0.199. The van der Waals surface area contributed by atoms with Crippen molar-refractivity contribution in [3.8, 4) is 0 Å². The summed E-state index contributed by atoms with van der Waals surface area (Å²) in [4.78, 5) is 14.0. The Labute approximate surface area is 128 Å². The van der Waals surface area contributed by atoms with Gasteiger partial charge in [0.05, 0.1) is 25.7 Å². The van der Waals surface area contributed by atoms with Crippen molar-refractivity contribution in [3.05, 3.63) is 53.4 Å². The largest absolute Gasteiger partial charge is 0.472 e. The second-order valence-electron chi connectivity index (χ2n) is 4.48. The van der Waals surface area contributed by atoms with Gasteiger partial charge in [0, 0.05) is 29.9 Å². The highest BCUT2D eigenvalue weighted by Crippen LogP contribution is 2.14. The Hall–Kier alpha value is -1.98. The molecule has 2 rings (SSSR count). The number of rotatable bonds is 6. The second kappa shape index (κ2) is 7.71. The smallest absolute Gasteiger partial charge is 0.322 e. The summed E-state index contributed by atoms with van der Waals surface area (Å²) < 4.78 is 10.1. The Bertz CT molecular complexity index is 555. The third-order valence-electron chi connectivity index (χ3n) is 2.90. The van der Waals surface area contributed by atoms with E-state index in [9.17, 15) is 4.79 Å². The van der Waals surface area contributed by atoms with Gasteiger partial charge in [-0.25, -0.2) is 4.79 Å². The van der Waals surface area contributed by atoms with Crippen LogP contribution in [0.15, 0.2) is 47.3 Å². The lowest BCUT2D eigenvalue weighted by Gasteiger charge is -2.22. The van der Waals surface area contributed by atoms with E-state index in [0.29, 0.717) is 30.4 Å². The molecule has 5 nitrogen and oxygen atoms in total. The molecule has 0 aliphatic heterocycles. The number of carbonyl (C=O) groups is 1. The van der Waals surface area contributed by atoms with Gasteiger partial charge in [-0.1, -0.05) is 11.6 Å². The topological polar surface area (TPSA) is 54.7 Å². The zero-order valence-electron chi connectivity index (χ0n) is 11.7. The Morgan fingerprint density at radius 1 is 1.33 bits per heavy atom. The van der Waals surface area contributed by atoms with Crippen LogP contribution in [-0.2, 0) is 11.3 Å². The standard InChI is InChI=1S/C15H17ClN2O3/c1-20-9-7-18(10-12-6-8-21-11-12)15(19)17-14-4-2-13(16)3-5-14/h2-6,8,11H,7,9-10H2,1H3,(H,17,19). The van der Waals surface area contributed by atoms with E-state index in [1.807, 2.05) is 6.07 Å². The molecule has 0 aliphatic rings. The van der Waals surface area contributed by atoms with Crippen molar-refractivity contribution in [2.24, 2.45) is 0 Å². The molecule has 0 spiro atoms. The van der Waals surface area contributed by atoms with E-state index in [1.54, 1.807) is 48.8 Å². The van der Waals surface area contributed by atoms with Crippen LogP contribution in [-0.4, -0.2) is 31.2 Å². The molecule has 2 aromatic rings. The van der Waals surface area contributed by atoms with Crippen LogP contribution in [0.4, 0.5) is 10.5 Å². The average Bonchev–Trinajstić information content (AvgIpc) is 2.98. The second-order valence-corrected chi connectivity index (χ2v) is 4.92. The number of halogens is 1. The van der Waals surface area contributed by atoms with Crippen molar-refractivity contribution < 1.29 is 13.9 Å². The van der Waals surface area contributed by atoms with E-state index >= 15 is 0 Å². The van der Waals surface area contributed by atoms with Gasteiger partial charge in [0.2, 0.25) is 0 Å². The van der Waals surface area contributed by atoms with Crippen LogP contribution in [0.5, 0.6) is 0 Å². The van der Waals surface area contributed by atoms with Gasteiger partial charge in [-0.2, -0.15) is 0 Å². The SMILES string of the molecule is COCCN(Cc1ccoc1)C(=O)Nc1ccc(Cl)cc1. The van der Waals surface area contributed by atoms with Crippen LogP contribution in [0, 0.1) is 0 Å². The van der Waals surface area contributed by atoms with Gasteiger partial charge in [0.1, 0.15) is 0 Å². The van der Waals surface area contributed by atoms with Gasteiger partial charge in [-0.15, -0.1) is 0 Å². The first-order valence-electron chi connectivity index (χ1n) is 6.50. The lowest BCUT2D eigenvalue weighted by molar-refractivity contribution is 0.152. The van der Waals surface area contributed by atoms with E-state index in [2.05, 4.69) is 5.32 Å². The monoisotopic (exact) mass is 308 g/mol. The van der Waals surface area contributed by atoms with Crippen LogP contribution in [0.25, 0.3) is 0 Å². The van der Waals surface area contributed by atoms with Crippen molar-refractivity contribution >= 4 is 23.3 Å². The first-order valence-corrected chi connectivity index (χ1v) is 6.88. The summed E-state index contributed by atoms with van der Waals surface area (Å²) >= 11 is 5.82. The van der Waals surface area contributed by atoms with Crippen LogP contribution < -0.4 is 5.32 Å². The number of nitrogens with one attached hydrogen (secondary N) is 1. The Morgan fingerprint density at radius 2 is 2.10 bits per heavy atom. The quantitative estimate of drug-likeness (QED) is 0.887. The summed E-state index contributed by atoms with van der Waals surface area (Å²) in [6, 6.07) is 8.60. The molecule has 1 N–H and O–H groups in total. The minimum Gasteiger partial charge on any atom is -0.472 e. The Morgan fingerprint density at radius 3 is 2.71 bits per heavy atom. The van der Waals surface area contributed by atoms with Crippen molar-refractivity contribution in [2.75, 3.05) is 25.6 Å². The van der Waals surface area contributed by atoms with Crippen molar-refractivity contribution in [2.45, 2.75) is 6.54 Å². The van der Waals surface area contributed by atoms with E-state index in [-0.39, 0.29) is 6.03 Å². The van der Waals surface area contributed by atoms with Crippen LogP contribution in [0.2, 0.25) is 5.02 Å². The van der Waals surface area contributed by atoms with Crippen molar-refractivity contribution in [1.29, 1.82) is 0 Å². The third kappa shape index (κ3) is 4.81. The zero-order chi connectivity index (χ0) is 15.1. The van der Waals surface area contributed by atoms with Gasteiger partial charge in [0.25, 0.3) is 0 Å². The van der Waals surface area contributed by atoms with Gasteiger partial charge >= 0.3 is 6.03 Å². The number of urea groups is 1. The molecule has 1 aromatic heterocycles. The Balaban J connectivity index is 2.00. The molecule has 0 bridgehead atoms. The number of furan rings is 1. The number of hydrogen-bond acceptors (Lipinski definition) is 3. The number of carbonyl (C=O) groups excluding carboxylic acids is 1. The average molecular weight is 309 g/mol. The molecule has 0 atom stereocenters. The molecule has 0 fully saturated rings. The summed E-state index contributed by atoms with van der Waals surface area (Å²) in [6.45, 7) is 1.41. The predicted octanol–water partition coefficient (Wildman–Crippen LogP) is 3.61. The molecule has 0 radical (unpaired) electrons. The van der Waals surface area contributed by atoms with Crippen LogP contribution in [0.3, 0.4) is 0 Å². The third-order valence-corrected chi connectivity index (χ3v) is 3.15. The summed E-state index contributed by atoms with van der Waals surface area (Å²) in [5, 5.41) is 3.46. The summed E-state index contributed by atoms with van der Waals surface area (Å²) in [6.07, 6.45) is 3.20. The maximum absolute atomic E-state index is 12.3. The number of methoxy groups -OCH3 is 1. The van der Waals surface area contributed by atoms with Gasteiger partial charge in [-0.3, -0.25) is 0 Å². The highest BCUT2D eigenvalue weighted by molar-refractivity contribution is 6.30. The fourth-order valence-electron chi connectivity index (χ4n) is 1.79. The van der Waals surface area contributed by atoms with Gasteiger partial charge in [0.15, 0.2) is 0 Å². The molecule has 0 saturated carbocycles. The van der Waals surface area contributed by atoms with E-state index in [4.69, 9.17) is 20.8 Å². The zero-order valence-corrected chi connectivity index (χ0v) is 12.5. The number of hydrogen-bond donors (Lipinski definition) is 1. The van der Waals surface area contributed by atoms with Crippen molar-refractivity contribution in [1.82, 2.24) is 4.90 Å². The predicted molar refractivity (Wildman–Crippen MR) is 81.5 cm³/mol. The van der Waals surface area contributed by atoms with E-state index in [1.165, 1.54) is 0 Å². The molecule has 1 heterocycles. The maximum atomic E-state index is 12.3. The van der Waals surface area contributed by atoms with Gasteiger partial charge in [-0.05, 0) is 30.3 Å². The Kier molecular flexibility index (Phi) is 5.66. The van der Waals surface area contributed by atoms with Gasteiger partial charge < -0.3 is 19.4 Å². The normalized spacial score (nSPS) is 10.4.